The van der Waals surface area contributed by atoms with Crippen LogP contribution in [0.2, 0.25) is 0 Å². The zero-order chi connectivity index (χ0) is 22.1. The van der Waals surface area contributed by atoms with Crippen LogP contribution in [0.1, 0.15) is 17.2 Å². The Bertz CT molecular complexity index is 1170. The first-order chi connectivity index (χ1) is 14.9. The van der Waals surface area contributed by atoms with Crippen molar-refractivity contribution in [2.45, 2.75) is 6.04 Å². The lowest BCUT2D eigenvalue weighted by molar-refractivity contribution is -0.132. The summed E-state index contributed by atoms with van der Waals surface area (Å²) in [6, 6.07) is 20.3. The highest BCUT2D eigenvalue weighted by Crippen LogP contribution is 2.42. The van der Waals surface area contributed by atoms with Gasteiger partial charge in [-0.1, -0.05) is 56.1 Å². The van der Waals surface area contributed by atoms with Gasteiger partial charge in [-0.2, -0.15) is 0 Å². The zero-order valence-electron chi connectivity index (χ0n) is 16.4. The van der Waals surface area contributed by atoms with Crippen LogP contribution in [0.3, 0.4) is 0 Å². The van der Waals surface area contributed by atoms with Gasteiger partial charge in [0.2, 0.25) is 0 Å². The van der Waals surface area contributed by atoms with Gasteiger partial charge in [0.25, 0.3) is 11.7 Å². The highest BCUT2D eigenvalue weighted by molar-refractivity contribution is 9.10. The minimum absolute atomic E-state index is 0.0420. The molecule has 3 aromatic rings. The van der Waals surface area contributed by atoms with E-state index in [9.17, 15) is 14.7 Å². The van der Waals surface area contributed by atoms with Crippen LogP contribution in [-0.4, -0.2) is 23.9 Å². The van der Waals surface area contributed by atoms with Crippen LogP contribution in [0.15, 0.2) is 87.3 Å². The van der Waals surface area contributed by atoms with Crippen LogP contribution in [-0.2, 0) is 9.59 Å². The molecule has 31 heavy (non-hydrogen) atoms. The normalized spacial score (nSPS) is 17.8. The number of carbonyl (C=O) groups excluding carboxylic acids is 2. The molecule has 0 unspecified atom stereocenters. The lowest BCUT2D eigenvalue weighted by Gasteiger charge is -2.25. The van der Waals surface area contributed by atoms with Crippen molar-refractivity contribution in [2.75, 3.05) is 12.0 Å². The molecule has 0 aliphatic carbocycles. The second-order valence-corrected chi connectivity index (χ2v) is 8.76. The van der Waals surface area contributed by atoms with E-state index in [-0.39, 0.29) is 11.3 Å². The van der Waals surface area contributed by atoms with E-state index in [1.54, 1.807) is 79.9 Å². The summed E-state index contributed by atoms with van der Waals surface area (Å²) in [4.78, 5) is 27.6. The largest absolute Gasteiger partial charge is 0.507 e. The molecule has 156 valence electrons. The van der Waals surface area contributed by atoms with Crippen molar-refractivity contribution in [3.8, 4) is 5.75 Å². The van der Waals surface area contributed by atoms with Crippen molar-refractivity contribution in [1.29, 1.82) is 0 Å². The van der Waals surface area contributed by atoms with Crippen molar-refractivity contribution in [1.82, 2.24) is 0 Å². The number of aliphatic hydroxyl groups is 1. The summed E-state index contributed by atoms with van der Waals surface area (Å²) in [5.41, 5.74) is 1.73. The monoisotopic (exact) mass is 541 g/mol. The van der Waals surface area contributed by atoms with E-state index in [1.165, 1.54) is 4.90 Å². The lowest BCUT2D eigenvalue weighted by atomic mass is 9.95. The molecule has 1 amide bonds. The number of carbonyl (C=O) groups is 2. The van der Waals surface area contributed by atoms with Gasteiger partial charge in [-0.05, 0) is 54.1 Å². The van der Waals surface area contributed by atoms with Crippen molar-refractivity contribution in [3.63, 3.8) is 0 Å². The fourth-order valence-corrected chi connectivity index (χ4v) is 4.09. The van der Waals surface area contributed by atoms with Crippen LogP contribution in [0.4, 0.5) is 5.69 Å². The van der Waals surface area contributed by atoms with Crippen molar-refractivity contribution in [2.24, 2.45) is 0 Å². The summed E-state index contributed by atoms with van der Waals surface area (Å²) < 4.78 is 6.92. The Kier molecular flexibility index (Phi) is 5.98. The van der Waals surface area contributed by atoms with E-state index in [0.29, 0.717) is 22.6 Å². The molecule has 1 aliphatic rings. The van der Waals surface area contributed by atoms with Crippen LogP contribution in [0, 0.1) is 0 Å². The Hall–Kier alpha value is -2.90. The fourth-order valence-electron chi connectivity index (χ4n) is 3.57. The third-order valence-electron chi connectivity index (χ3n) is 5.10. The lowest BCUT2D eigenvalue weighted by Crippen LogP contribution is -2.29. The predicted molar refractivity (Wildman–Crippen MR) is 126 cm³/mol. The molecule has 4 rings (SSSR count). The summed E-state index contributed by atoms with van der Waals surface area (Å²) in [7, 11) is 1.57. The van der Waals surface area contributed by atoms with E-state index in [2.05, 4.69) is 31.9 Å². The van der Waals surface area contributed by atoms with Crippen molar-refractivity contribution >= 4 is 55.0 Å². The number of Topliss-reactive ketones (excluding diaryl/α,β-unsaturated/α-hetero) is 1. The maximum Gasteiger partial charge on any atom is 0.300 e. The average molecular weight is 543 g/mol. The van der Waals surface area contributed by atoms with E-state index >= 15 is 0 Å². The first-order valence-corrected chi connectivity index (χ1v) is 11.0. The highest BCUT2D eigenvalue weighted by Gasteiger charge is 2.46. The van der Waals surface area contributed by atoms with Gasteiger partial charge in [0, 0.05) is 20.2 Å². The molecule has 5 nitrogen and oxygen atoms in total. The smallest absolute Gasteiger partial charge is 0.300 e. The van der Waals surface area contributed by atoms with Gasteiger partial charge in [0.05, 0.1) is 18.7 Å². The third-order valence-corrected chi connectivity index (χ3v) is 6.16. The van der Waals surface area contributed by atoms with Gasteiger partial charge < -0.3 is 9.84 Å². The number of amides is 1. The summed E-state index contributed by atoms with van der Waals surface area (Å²) in [5.74, 6) is -0.991. The fraction of sp³-hybridized carbons (Fsp3) is 0.0833. The van der Waals surface area contributed by atoms with E-state index in [0.717, 1.165) is 8.95 Å². The van der Waals surface area contributed by atoms with Crippen molar-refractivity contribution < 1.29 is 19.4 Å². The molecular formula is C24H17Br2NO4. The third kappa shape index (κ3) is 4.03. The number of benzene rings is 3. The molecule has 1 heterocycles. The molecule has 0 bridgehead atoms. The Morgan fingerprint density at radius 2 is 1.42 bits per heavy atom. The summed E-state index contributed by atoms with van der Waals surface area (Å²) in [6.07, 6.45) is 0. The highest BCUT2D eigenvalue weighted by atomic mass is 79.9. The molecule has 1 aliphatic heterocycles. The molecule has 7 heteroatoms. The molecular weight excluding hydrogens is 526 g/mol. The van der Waals surface area contributed by atoms with Crippen LogP contribution in [0.5, 0.6) is 5.75 Å². The molecule has 1 atom stereocenters. The van der Waals surface area contributed by atoms with Crippen LogP contribution >= 0.6 is 31.9 Å². The number of nitrogens with zero attached hydrogens (tertiary/aromatic N) is 1. The first-order valence-electron chi connectivity index (χ1n) is 9.37. The minimum atomic E-state index is -0.782. The maximum absolute atomic E-state index is 13.1. The summed E-state index contributed by atoms with van der Waals surface area (Å²) in [6.45, 7) is 0. The number of anilines is 1. The number of ketones is 1. The van der Waals surface area contributed by atoms with Crippen LogP contribution in [0.25, 0.3) is 5.76 Å². The Morgan fingerprint density at radius 3 is 1.97 bits per heavy atom. The van der Waals surface area contributed by atoms with Crippen molar-refractivity contribution in [3.05, 3.63) is 98.4 Å². The van der Waals surface area contributed by atoms with Crippen LogP contribution < -0.4 is 9.64 Å². The van der Waals surface area contributed by atoms with Gasteiger partial charge >= 0.3 is 0 Å². The molecule has 0 spiro atoms. The molecule has 0 saturated carbocycles. The number of hydrogen-bond acceptors (Lipinski definition) is 4. The number of aliphatic hydroxyl groups excluding tert-OH is 1. The van der Waals surface area contributed by atoms with Gasteiger partial charge in [-0.15, -0.1) is 0 Å². The molecule has 0 aromatic heterocycles. The topological polar surface area (TPSA) is 66.8 Å². The molecule has 3 aromatic carbocycles. The zero-order valence-corrected chi connectivity index (χ0v) is 19.6. The Labute approximate surface area is 196 Å². The minimum Gasteiger partial charge on any atom is -0.507 e. The van der Waals surface area contributed by atoms with Gasteiger partial charge in [-0.3, -0.25) is 14.5 Å². The number of methoxy groups -OCH3 is 1. The predicted octanol–water partition coefficient (Wildman–Crippen LogP) is 5.85. The van der Waals surface area contributed by atoms with E-state index in [1.807, 2.05) is 0 Å². The maximum atomic E-state index is 13.1. The van der Waals surface area contributed by atoms with Gasteiger partial charge in [-0.25, -0.2) is 0 Å². The SMILES string of the molecule is COc1ccc([C@@H]2C(=C(O)c3ccc(Br)cc3)C(=O)C(=O)N2c2ccc(Br)cc2)cc1. The second-order valence-electron chi connectivity index (χ2n) is 6.93. The standard InChI is InChI=1S/C24H17Br2NO4/c1-31-19-12-4-14(5-13-19)21-20(22(28)15-2-6-16(25)7-3-15)23(29)24(30)27(21)18-10-8-17(26)9-11-18/h2-13,21,28H,1H3/t21-/m1/s1. The van der Waals surface area contributed by atoms with Gasteiger partial charge in [0.15, 0.2) is 0 Å². The first kappa shape index (κ1) is 21.3. The quantitative estimate of drug-likeness (QED) is 0.255. The number of ether oxygens (including phenoxy) is 1. The molecule has 1 saturated heterocycles. The van der Waals surface area contributed by atoms with E-state index < -0.39 is 17.7 Å². The number of rotatable bonds is 4. The number of hydrogen-bond donors (Lipinski definition) is 1. The Morgan fingerprint density at radius 1 is 0.871 bits per heavy atom. The van der Waals surface area contributed by atoms with Gasteiger partial charge in [0.1, 0.15) is 11.5 Å². The van der Waals surface area contributed by atoms with E-state index in [4.69, 9.17) is 4.74 Å². The molecule has 0 radical (unpaired) electrons. The average Bonchev–Trinajstić information content (AvgIpc) is 3.05. The Balaban J connectivity index is 1.92. The molecule has 1 N–H and O–H groups in total. The summed E-state index contributed by atoms with van der Waals surface area (Å²) in [5, 5.41) is 11.1. The summed E-state index contributed by atoms with van der Waals surface area (Å²) >= 11 is 6.76. The molecule has 1 fully saturated rings. The number of halogens is 2. The second kappa shape index (κ2) is 8.69.